The number of hydrogen-bond acceptors (Lipinski definition) is 3. The van der Waals surface area contributed by atoms with Crippen LogP contribution in [0.25, 0.3) is 0 Å². The molecular weight excluding hydrogens is 322 g/mol. The Balaban J connectivity index is 1.71. The standard InChI is InChI=1S/C23H27NO2/c1-19(17-25-22-15-9-4-10-16-22)23(24-21-13-7-3-8-14-21)26-18-20-11-5-2-6-12-20/h3-4,7-10,13-17,20H,2,5-6,11-12,18H2,1H3/b19-17+,24-23-. The van der Waals surface area contributed by atoms with Gasteiger partial charge in [0, 0.05) is 5.57 Å². The largest absolute Gasteiger partial charge is 0.477 e. The van der Waals surface area contributed by atoms with Crippen LogP contribution in [0, 0.1) is 5.92 Å². The molecule has 136 valence electrons. The number of aliphatic imine (C=N–C) groups is 1. The van der Waals surface area contributed by atoms with E-state index in [9.17, 15) is 0 Å². The molecule has 0 unspecified atom stereocenters. The van der Waals surface area contributed by atoms with E-state index in [0.29, 0.717) is 11.8 Å². The highest BCUT2D eigenvalue weighted by atomic mass is 16.5. The second-order valence-electron chi connectivity index (χ2n) is 6.80. The molecule has 0 spiro atoms. The van der Waals surface area contributed by atoms with Gasteiger partial charge in [0.15, 0.2) is 0 Å². The minimum Gasteiger partial charge on any atom is -0.477 e. The Morgan fingerprint density at radius 1 is 0.962 bits per heavy atom. The normalized spacial score (nSPS) is 16.3. The smallest absolute Gasteiger partial charge is 0.219 e. The average molecular weight is 349 g/mol. The van der Waals surface area contributed by atoms with Crippen LogP contribution in [0.2, 0.25) is 0 Å². The molecule has 0 radical (unpaired) electrons. The fourth-order valence-electron chi connectivity index (χ4n) is 3.11. The van der Waals surface area contributed by atoms with E-state index in [1.54, 1.807) is 6.26 Å². The Hall–Kier alpha value is -2.55. The Morgan fingerprint density at radius 2 is 1.62 bits per heavy atom. The summed E-state index contributed by atoms with van der Waals surface area (Å²) in [6, 6.07) is 19.7. The summed E-state index contributed by atoms with van der Waals surface area (Å²) in [5.41, 5.74) is 1.77. The lowest BCUT2D eigenvalue weighted by molar-refractivity contribution is 0.199. The highest BCUT2D eigenvalue weighted by Gasteiger charge is 2.16. The molecule has 0 aliphatic heterocycles. The molecule has 3 nitrogen and oxygen atoms in total. The molecule has 3 rings (SSSR count). The molecule has 0 aromatic heterocycles. The van der Waals surface area contributed by atoms with Crippen LogP contribution in [0.5, 0.6) is 5.75 Å². The van der Waals surface area contributed by atoms with Gasteiger partial charge in [-0.2, -0.15) is 0 Å². The molecule has 1 aliphatic carbocycles. The van der Waals surface area contributed by atoms with Gasteiger partial charge < -0.3 is 9.47 Å². The minimum absolute atomic E-state index is 0.632. The van der Waals surface area contributed by atoms with Gasteiger partial charge in [0.25, 0.3) is 0 Å². The van der Waals surface area contributed by atoms with Crippen LogP contribution in [-0.4, -0.2) is 12.5 Å². The van der Waals surface area contributed by atoms with Gasteiger partial charge in [-0.3, -0.25) is 0 Å². The van der Waals surface area contributed by atoms with Crippen molar-refractivity contribution in [3.63, 3.8) is 0 Å². The molecule has 1 fully saturated rings. The molecule has 1 aliphatic rings. The quantitative estimate of drug-likeness (QED) is 0.348. The molecule has 2 aromatic rings. The van der Waals surface area contributed by atoms with Crippen LogP contribution in [-0.2, 0) is 4.74 Å². The first-order valence-corrected chi connectivity index (χ1v) is 9.46. The topological polar surface area (TPSA) is 30.8 Å². The number of ether oxygens (including phenoxy) is 2. The molecule has 0 amide bonds. The van der Waals surface area contributed by atoms with Gasteiger partial charge >= 0.3 is 0 Å². The van der Waals surface area contributed by atoms with Crippen LogP contribution >= 0.6 is 0 Å². The number of nitrogens with zero attached hydrogens (tertiary/aromatic N) is 1. The summed E-state index contributed by atoms with van der Waals surface area (Å²) in [6.07, 6.45) is 8.20. The van der Waals surface area contributed by atoms with Gasteiger partial charge in [0.2, 0.25) is 5.90 Å². The van der Waals surface area contributed by atoms with Crippen LogP contribution in [0.1, 0.15) is 39.0 Å². The first-order valence-electron chi connectivity index (χ1n) is 9.46. The molecule has 2 aromatic carbocycles. The van der Waals surface area contributed by atoms with Crippen LogP contribution in [0.4, 0.5) is 5.69 Å². The monoisotopic (exact) mass is 349 g/mol. The second kappa shape index (κ2) is 9.81. The van der Waals surface area contributed by atoms with Crippen molar-refractivity contribution in [2.75, 3.05) is 6.61 Å². The fraction of sp³-hybridized carbons (Fsp3) is 0.348. The van der Waals surface area contributed by atoms with Crippen molar-refractivity contribution in [3.05, 3.63) is 72.5 Å². The summed E-state index contributed by atoms with van der Waals surface area (Å²) >= 11 is 0. The lowest BCUT2D eigenvalue weighted by Gasteiger charge is -2.22. The fourth-order valence-corrected chi connectivity index (χ4v) is 3.11. The Bertz CT molecular complexity index is 716. The van der Waals surface area contributed by atoms with Gasteiger partial charge in [0.05, 0.1) is 18.6 Å². The van der Waals surface area contributed by atoms with E-state index >= 15 is 0 Å². The summed E-state index contributed by atoms with van der Waals surface area (Å²) in [6.45, 7) is 2.70. The Morgan fingerprint density at radius 3 is 2.31 bits per heavy atom. The van der Waals surface area contributed by atoms with E-state index in [1.807, 2.05) is 67.6 Å². The molecule has 0 bridgehead atoms. The van der Waals surface area contributed by atoms with Gasteiger partial charge in [-0.1, -0.05) is 55.7 Å². The van der Waals surface area contributed by atoms with Gasteiger partial charge in [0.1, 0.15) is 5.75 Å². The van der Waals surface area contributed by atoms with E-state index in [4.69, 9.17) is 14.5 Å². The summed E-state index contributed by atoms with van der Waals surface area (Å²) in [4.78, 5) is 4.70. The molecule has 3 heteroatoms. The third-order valence-electron chi connectivity index (χ3n) is 4.62. The number of benzene rings is 2. The molecule has 0 N–H and O–H groups in total. The molecule has 0 heterocycles. The van der Waals surface area contributed by atoms with E-state index in [0.717, 1.165) is 23.6 Å². The average Bonchev–Trinajstić information content (AvgIpc) is 2.71. The predicted octanol–water partition coefficient (Wildman–Crippen LogP) is 6.30. The van der Waals surface area contributed by atoms with Crippen molar-refractivity contribution in [3.8, 4) is 5.75 Å². The maximum absolute atomic E-state index is 6.14. The van der Waals surface area contributed by atoms with Gasteiger partial charge in [-0.15, -0.1) is 0 Å². The predicted molar refractivity (Wildman–Crippen MR) is 107 cm³/mol. The lowest BCUT2D eigenvalue weighted by Crippen LogP contribution is -2.17. The maximum Gasteiger partial charge on any atom is 0.219 e. The summed E-state index contributed by atoms with van der Waals surface area (Å²) < 4.78 is 11.9. The Labute approximate surface area is 156 Å². The third-order valence-corrected chi connectivity index (χ3v) is 4.62. The molecular formula is C23H27NO2. The summed E-state index contributed by atoms with van der Waals surface area (Å²) in [5, 5.41) is 0. The maximum atomic E-state index is 6.14. The highest BCUT2D eigenvalue weighted by molar-refractivity contribution is 5.94. The summed E-state index contributed by atoms with van der Waals surface area (Å²) in [7, 11) is 0. The van der Waals surface area contributed by atoms with Crippen molar-refractivity contribution in [2.24, 2.45) is 10.9 Å². The van der Waals surface area contributed by atoms with E-state index < -0.39 is 0 Å². The van der Waals surface area contributed by atoms with Crippen molar-refractivity contribution in [1.82, 2.24) is 0 Å². The second-order valence-corrected chi connectivity index (χ2v) is 6.80. The van der Waals surface area contributed by atoms with E-state index in [1.165, 1.54) is 32.1 Å². The first kappa shape index (κ1) is 18.2. The van der Waals surface area contributed by atoms with E-state index in [-0.39, 0.29) is 0 Å². The zero-order valence-corrected chi connectivity index (χ0v) is 15.4. The van der Waals surface area contributed by atoms with Crippen molar-refractivity contribution in [1.29, 1.82) is 0 Å². The number of para-hydroxylation sites is 2. The third kappa shape index (κ3) is 5.76. The summed E-state index contributed by atoms with van der Waals surface area (Å²) in [5.74, 6) is 2.07. The van der Waals surface area contributed by atoms with Crippen molar-refractivity contribution < 1.29 is 9.47 Å². The molecule has 0 saturated heterocycles. The SMILES string of the molecule is CC(=C\Oc1ccccc1)/C(=N/c1ccccc1)OCC1CCCCC1. The molecule has 26 heavy (non-hydrogen) atoms. The van der Waals surface area contributed by atoms with Crippen LogP contribution < -0.4 is 4.74 Å². The molecule has 1 saturated carbocycles. The van der Waals surface area contributed by atoms with Crippen LogP contribution in [0.15, 0.2) is 77.5 Å². The lowest BCUT2D eigenvalue weighted by atomic mass is 9.90. The first-order chi connectivity index (χ1) is 12.8. The number of hydrogen-bond donors (Lipinski definition) is 0. The van der Waals surface area contributed by atoms with E-state index in [2.05, 4.69) is 0 Å². The van der Waals surface area contributed by atoms with Gasteiger partial charge in [-0.25, -0.2) is 4.99 Å². The zero-order chi connectivity index (χ0) is 18.0. The highest BCUT2D eigenvalue weighted by Crippen LogP contribution is 2.24. The Kier molecular flexibility index (Phi) is 6.88. The van der Waals surface area contributed by atoms with Crippen molar-refractivity contribution >= 4 is 11.6 Å². The minimum atomic E-state index is 0.632. The zero-order valence-electron chi connectivity index (χ0n) is 15.4. The molecule has 0 atom stereocenters. The number of rotatable bonds is 6. The van der Waals surface area contributed by atoms with Gasteiger partial charge in [-0.05, 0) is 49.9 Å². The van der Waals surface area contributed by atoms with Crippen molar-refractivity contribution in [2.45, 2.75) is 39.0 Å². The van der Waals surface area contributed by atoms with Crippen LogP contribution in [0.3, 0.4) is 0 Å².